The van der Waals surface area contributed by atoms with Gasteiger partial charge in [0.25, 0.3) is 0 Å². The van der Waals surface area contributed by atoms with E-state index < -0.39 is 0 Å². The second-order valence-corrected chi connectivity index (χ2v) is 5.95. The van der Waals surface area contributed by atoms with E-state index in [0.717, 1.165) is 57.7 Å². The van der Waals surface area contributed by atoms with Gasteiger partial charge in [0.05, 0.1) is 19.6 Å². The molecule has 1 aromatic carbocycles. The zero-order valence-corrected chi connectivity index (χ0v) is 12.6. The van der Waals surface area contributed by atoms with E-state index in [1.807, 2.05) is 0 Å². The fourth-order valence-electron chi connectivity index (χ4n) is 3.30. The van der Waals surface area contributed by atoms with Crippen LogP contribution in [-0.4, -0.2) is 44.2 Å². The van der Waals surface area contributed by atoms with E-state index in [4.69, 9.17) is 9.47 Å². The molecule has 0 amide bonds. The third-order valence-electron chi connectivity index (χ3n) is 4.51. The quantitative estimate of drug-likeness (QED) is 0.795. The van der Waals surface area contributed by atoms with Crippen LogP contribution >= 0.6 is 0 Å². The Hall–Kier alpha value is -1.55. The van der Waals surface area contributed by atoms with E-state index in [1.54, 1.807) is 0 Å². The van der Waals surface area contributed by atoms with Gasteiger partial charge in [0, 0.05) is 19.5 Å². The molecular formula is C17H23NO3. The maximum atomic E-state index is 11.7. The molecule has 3 rings (SSSR count). The van der Waals surface area contributed by atoms with Crippen LogP contribution in [0.2, 0.25) is 0 Å². The van der Waals surface area contributed by atoms with Crippen molar-refractivity contribution in [2.45, 2.75) is 25.7 Å². The zero-order chi connectivity index (χ0) is 14.7. The van der Waals surface area contributed by atoms with Gasteiger partial charge in [-0.1, -0.05) is 12.1 Å². The summed E-state index contributed by atoms with van der Waals surface area (Å²) in [5.74, 6) is 1.04. The first-order chi connectivity index (χ1) is 10.3. The van der Waals surface area contributed by atoms with Crippen molar-refractivity contribution in [1.29, 1.82) is 0 Å². The summed E-state index contributed by atoms with van der Waals surface area (Å²) in [6.45, 7) is 3.74. The van der Waals surface area contributed by atoms with Crippen LogP contribution in [0, 0.1) is 5.92 Å². The van der Waals surface area contributed by atoms with Crippen LogP contribution in [0.1, 0.15) is 24.0 Å². The summed E-state index contributed by atoms with van der Waals surface area (Å²) in [5, 5.41) is 0. The number of carbonyl (C=O) groups is 1. The highest BCUT2D eigenvalue weighted by molar-refractivity contribution is 5.72. The molecule has 21 heavy (non-hydrogen) atoms. The highest BCUT2D eigenvalue weighted by Crippen LogP contribution is 2.26. The van der Waals surface area contributed by atoms with Crippen LogP contribution < -0.4 is 4.74 Å². The van der Waals surface area contributed by atoms with Crippen molar-refractivity contribution in [3.05, 3.63) is 29.3 Å². The minimum Gasteiger partial charge on any atom is -0.493 e. The van der Waals surface area contributed by atoms with Crippen molar-refractivity contribution in [1.82, 2.24) is 4.90 Å². The summed E-state index contributed by atoms with van der Waals surface area (Å²) in [6, 6.07) is 6.51. The molecule has 0 aliphatic carbocycles. The van der Waals surface area contributed by atoms with Gasteiger partial charge in [-0.05, 0) is 43.0 Å². The highest BCUT2D eigenvalue weighted by atomic mass is 16.5. The predicted octanol–water partition coefficient (Wildman–Crippen LogP) is 2.05. The molecule has 0 N–H and O–H groups in total. The topological polar surface area (TPSA) is 38.8 Å². The minimum atomic E-state index is -0.0608. The van der Waals surface area contributed by atoms with Crippen LogP contribution in [0.4, 0.5) is 0 Å². The number of likely N-dealkylation sites (tertiary alicyclic amines) is 1. The maximum absolute atomic E-state index is 11.7. The molecule has 4 nitrogen and oxygen atoms in total. The number of fused-ring (bicyclic) bond motifs is 1. The van der Waals surface area contributed by atoms with Gasteiger partial charge in [0.15, 0.2) is 0 Å². The number of benzene rings is 1. The Kier molecular flexibility index (Phi) is 4.44. The summed E-state index contributed by atoms with van der Waals surface area (Å²) in [4.78, 5) is 14.0. The largest absolute Gasteiger partial charge is 0.493 e. The van der Waals surface area contributed by atoms with Crippen molar-refractivity contribution in [2.75, 3.05) is 33.4 Å². The van der Waals surface area contributed by atoms with Gasteiger partial charge >= 0.3 is 5.97 Å². The number of methoxy groups -OCH3 is 1. The van der Waals surface area contributed by atoms with Crippen molar-refractivity contribution >= 4 is 5.97 Å². The lowest BCUT2D eigenvalue weighted by atomic mass is 9.97. The van der Waals surface area contributed by atoms with Crippen molar-refractivity contribution in [3.63, 3.8) is 0 Å². The lowest BCUT2D eigenvalue weighted by Gasteiger charge is -2.31. The zero-order valence-electron chi connectivity index (χ0n) is 12.6. The fourth-order valence-corrected chi connectivity index (χ4v) is 3.30. The molecule has 0 saturated carbocycles. The SMILES string of the molecule is COC(=O)C1CCCN(CCc2ccc3c(c2)CCO3)C1. The number of hydrogen-bond acceptors (Lipinski definition) is 4. The molecule has 2 heterocycles. The molecule has 1 aromatic rings. The fraction of sp³-hybridized carbons (Fsp3) is 0.588. The average Bonchev–Trinajstić information content (AvgIpc) is 3.00. The molecule has 0 spiro atoms. The average molecular weight is 289 g/mol. The molecule has 1 atom stereocenters. The van der Waals surface area contributed by atoms with Crippen LogP contribution in [0.25, 0.3) is 0 Å². The Bertz CT molecular complexity index is 515. The van der Waals surface area contributed by atoms with Crippen LogP contribution in [0.5, 0.6) is 5.75 Å². The van der Waals surface area contributed by atoms with Gasteiger partial charge in [-0.15, -0.1) is 0 Å². The van der Waals surface area contributed by atoms with E-state index in [0.29, 0.717) is 0 Å². The standard InChI is InChI=1S/C17H23NO3/c1-20-17(19)15-3-2-8-18(12-15)9-6-13-4-5-16-14(11-13)7-10-21-16/h4-5,11,15H,2-3,6-10,12H2,1H3. The highest BCUT2D eigenvalue weighted by Gasteiger charge is 2.26. The van der Waals surface area contributed by atoms with Gasteiger partial charge in [-0.25, -0.2) is 0 Å². The third kappa shape index (κ3) is 3.38. The molecule has 0 bridgehead atoms. The van der Waals surface area contributed by atoms with E-state index in [1.165, 1.54) is 18.2 Å². The second kappa shape index (κ2) is 6.48. The summed E-state index contributed by atoms with van der Waals surface area (Å²) >= 11 is 0. The first kappa shape index (κ1) is 14.4. The smallest absolute Gasteiger partial charge is 0.309 e. The Morgan fingerprint density at radius 1 is 1.48 bits per heavy atom. The first-order valence-corrected chi connectivity index (χ1v) is 7.81. The van der Waals surface area contributed by atoms with Gasteiger partial charge in [0.2, 0.25) is 0 Å². The van der Waals surface area contributed by atoms with Gasteiger partial charge in [-0.3, -0.25) is 4.79 Å². The van der Waals surface area contributed by atoms with Gasteiger partial charge in [0.1, 0.15) is 5.75 Å². The summed E-state index contributed by atoms with van der Waals surface area (Å²) in [5.41, 5.74) is 2.69. The first-order valence-electron chi connectivity index (χ1n) is 7.81. The van der Waals surface area contributed by atoms with Crippen molar-refractivity contribution in [3.8, 4) is 5.75 Å². The second-order valence-electron chi connectivity index (χ2n) is 5.95. The molecule has 1 unspecified atom stereocenters. The summed E-state index contributed by atoms with van der Waals surface area (Å²) in [7, 11) is 1.48. The van der Waals surface area contributed by atoms with Crippen molar-refractivity contribution < 1.29 is 14.3 Å². The molecule has 2 aliphatic heterocycles. The molecule has 4 heteroatoms. The molecule has 0 radical (unpaired) electrons. The molecule has 1 saturated heterocycles. The molecule has 2 aliphatic rings. The summed E-state index contributed by atoms with van der Waals surface area (Å²) in [6.07, 6.45) is 4.09. The van der Waals surface area contributed by atoms with E-state index in [2.05, 4.69) is 23.1 Å². The van der Waals surface area contributed by atoms with Gasteiger partial charge in [-0.2, -0.15) is 0 Å². The lowest BCUT2D eigenvalue weighted by Crippen LogP contribution is -2.40. The number of piperidine rings is 1. The molecule has 1 fully saturated rings. The van der Waals surface area contributed by atoms with E-state index in [-0.39, 0.29) is 11.9 Å². The number of hydrogen-bond donors (Lipinski definition) is 0. The lowest BCUT2D eigenvalue weighted by molar-refractivity contribution is -0.147. The van der Waals surface area contributed by atoms with Crippen LogP contribution in [-0.2, 0) is 22.4 Å². The van der Waals surface area contributed by atoms with Crippen LogP contribution in [0.3, 0.4) is 0 Å². The Balaban J connectivity index is 1.54. The summed E-state index contributed by atoms with van der Waals surface area (Å²) < 4.78 is 10.4. The van der Waals surface area contributed by atoms with Crippen LogP contribution in [0.15, 0.2) is 18.2 Å². The molecular weight excluding hydrogens is 266 g/mol. The number of carbonyl (C=O) groups excluding carboxylic acids is 1. The minimum absolute atomic E-state index is 0.0529. The van der Waals surface area contributed by atoms with Gasteiger partial charge < -0.3 is 14.4 Å². The number of esters is 1. The number of ether oxygens (including phenoxy) is 2. The van der Waals surface area contributed by atoms with E-state index >= 15 is 0 Å². The Morgan fingerprint density at radius 3 is 3.24 bits per heavy atom. The molecule has 114 valence electrons. The number of rotatable bonds is 4. The Labute approximate surface area is 126 Å². The third-order valence-corrected chi connectivity index (χ3v) is 4.51. The normalized spacial score (nSPS) is 21.7. The van der Waals surface area contributed by atoms with E-state index in [9.17, 15) is 4.79 Å². The monoisotopic (exact) mass is 289 g/mol. The number of nitrogens with zero attached hydrogens (tertiary/aromatic N) is 1. The van der Waals surface area contributed by atoms with Crippen molar-refractivity contribution in [2.24, 2.45) is 5.92 Å². The maximum Gasteiger partial charge on any atom is 0.309 e. The predicted molar refractivity (Wildman–Crippen MR) is 80.5 cm³/mol. The Morgan fingerprint density at radius 2 is 2.38 bits per heavy atom. The molecule has 0 aromatic heterocycles.